The van der Waals surface area contributed by atoms with E-state index in [1.807, 2.05) is 10.8 Å². The van der Waals surface area contributed by atoms with Gasteiger partial charge in [0.15, 0.2) is 0 Å². The Kier molecular flexibility index (Phi) is 3.54. The van der Waals surface area contributed by atoms with Gasteiger partial charge in [0, 0.05) is 25.2 Å². The van der Waals surface area contributed by atoms with Gasteiger partial charge in [-0.25, -0.2) is 4.98 Å². The minimum Gasteiger partial charge on any atom is -0.374 e. The van der Waals surface area contributed by atoms with Crippen molar-refractivity contribution < 1.29 is 4.74 Å². The summed E-state index contributed by atoms with van der Waals surface area (Å²) in [4.78, 5) is 4.13. The van der Waals surface area contributed by atoms with Gasteiger partial charge in [-0.3, -0.25) is 0 Å². The minimum absolute atomic E-state index is 0.562. The van der Waals surface area contributed by atoms with E-state index in [-0.39, 0.29) is 0 Å². The van der Waals surface area contributed by atoms with Gasteiger partial charge >= 0.3 is 0 Å². The van der Waals surface area contributed by atoms with Crippen LogP contribution in [-0.2, 0) is 11.3 Å². The lowest BCUT2D eigenvalue weighted by atomic mass is 10.5. The fraction of sp³-hybridized carbons (Fsp3) is 0.444. The number of aromatic nitrogens is 2. The molecule has 66 valence electrons. The molecule has 0 bridgehead atoms. The maximum Gasteiger partial charge on any atom is 0.138 e. The number of imidazole rings is 1. The van der Waals surface area contributed by atoms with Crippen LogP contribution in [0.25, 0.3) is 6.20 Å². The second-order valence-corrected chi connectivity index (χ2v) is 2.49. The van der Waals surface area contributed by atoms with Crippen molar-refractivity contribution in [1.82, 2.24) is 9.55 Å². The van der Waals surface area contributed by atoms with E-state index in [1.165, 1.54) is 0 Å². The first-order valence-electron chi connectivity index (χ1n) is 4.10. The van der Waals surface area contributed by atoms with Gasteiger partial charge in [0.25, 0.3) is 0 Å². The third-order valence-corrected chi connectivity index (χ3v) is 1.53. The van der Waals surface area contributed by atoms with Gasteiger partial charge in [-0.05, 0) is 6.42 Å². The van der Waals surface area contributed by atoms with Crippen molar-refractivity contribution in [2.45, 2.75) is 20.0 Å². The molecule has 0 aliphatic rings. The van der Waals surface area contributed by atoms with Crippen molar-refractivity contribution in [2.75, 3.05) is 6.61 Å². The highest BCUT2D eigenvalue weighted by molar-refractivity contribution is 5.19. The lowest BCUT2D eigenvalue weighted by Gasteiger charge is -2.02. The number of hydrogen-bond donors (Lipinski definition) is 0. The molecule has 1 aromatic rings. The Morgan fingerprint density at radius 3 is 3.25 bits per heavy atom. The average Bonchev–Trinajstić information content (AvgIpc) is 2.52. The van der Waals surface area contributed by atoms with Crippen LogP contribution in [0.5, 0.6) is 0 Å². The van der Waals surface area contributed by atoms with Gasteiger partial charge < -0.3 is 9.30 Å². The SMILES string of the molecule is C=Cn1ccnc1COCCC. The van der Waals surface area contributed by atoms with Crippen molar-refractivity contribution in [3.8, 4) is 0 Å². The van der Waals surface area contributed by atoms with E-state index in [0.717, 1.165) is 18.9 Å². The Balaban J connectivity index is 2.45. The van der Waals surface area contributed by atoms with E-state index < -0.39 is 0 Å². The molecule has 0 spiro atoms. The molecule has 12 heavy (non-hydrogen) atoms. The molecule has 0 atom stereocenters. The maximum atomic E-state index is 5.34. The number of rotatable bonds is 5. The van der Waals surface area contributed by atoms with Gasteiger partial charge in [-0.1, -0.05) is 13.5 Å². The highest BCUT2D eigenvalue weighted by Gasteiger charge is 1.98. The van der Waals surface area contributed by atoms with Crippen LogP contribution in [0, 0.1) is 0 Å². The van der Waals surface area contributed by atoms with Crippen molar-refractivity contribution in [1.29, 1.82) is 0 Å². The molecule has 0 aromatic carbocycles. The monoisotopic (exact) mass is 166 g/mol. The fourth-order valence-corrected chi connectivity index (χ4v) is 0.930. The third-order valence-electron chi connectivity index (χ3n) is 1.53. The molecule has 0 radical (unpaired) electrons. The summed E-state index contributed by atoms with van der Waals surface area (Å²) in [5.74, 6) is 0.901. The van der Waals surface area contributed by atoms with Crippen LogP contribution < -0.4 is 0 Å². The molecule has 0 saturated heterocycles. The van der Waals surface area contributed by atoms with Crippen LogP contribution >= 0.6 is 0 Å². The molecule has 0 aliphatic carbocycles. The first-order chi connectivity index (χ1) is 5.88. The van der Waals surface area contributed by atoms with Crippen LogP contribution in [-0.4, -0.2) is 16.2 Å². The molecule has 0 unspecified atom stereocenters. The van der Waals surface area contributed by atoms with Crippen molar-refractivity contribution >= 4 is 6.20 Å². The predicted octanol–water partition coefficient (Wildman–Crippen LogP) is 1.91. The second-order valence-electron chi connectivity index (χ2n) is 2.49. The van der Waals surface area contributed by atoms with Gasteiger partial charge in [-0.15, -0.1) is 0 Å². The zero-order valence-corrected chi connectivity index (χ0v) is 7.36. The van der Waals surface area contributed by atoms with E-state index in [4.69, 9.17) is 4.74 Å². The van der Waals surface area contributed by atoms with E-state index in [1.54, 1.807) is 12.4 Å². The number of hydrogen-bond acceptors (Lipinski definition) is 2. The lowest BCUT2D eigenvalue weighted by molar-refractivity contribution is 0.115. The summed E-state index contributed by atoms with van der Waals surface area (Å²) in [6.45, 7) is 7.09. The molecule has 1 heterocycles. The Labute approximate surface area is 72.7 Å². The number of nitrogens with zero attached hydrogens (tertiary/aromatic N) is 2. The summed E-state index contributed by atoms with van der Waals surface area (Å²) < 4.78 is 7.20. The van der Waals surface area contributed by atoms with E-state index in [2.05, 4.69) is 18.5 Å². The lowest BCUT2D eigenvalue weighted by Crippen LogP contribution is -2.00. The molecule has 0 saturated carbocycles. The smallest absolute Gasteiger partial charge is 0.138 e. The second kappa shape index (κ2) is 4.72. The molecule has 0 aliphatic heterocycles. The zero-order valence-electron chi connectivity index (χ0n) is 7.36. The van der Waals surface area contributed by atoms with Crippen LogP contribution in [0.15, 0.2) is 19.0 Å². The molecule has 0 amide bonds. The summed E-state index contributed by atoms with van der Waals surface area (Å²) in [6, 6.07) is 0. The van der Waals surface area contributed by atoms with E-state index in [9.17, 15) is 0 Å². The van der Waals surface area contributed by atoms with Gasteiger partial charge in [0.1, 0.15) is 12.4 Å². The molecule has 3 heteroatoms. The summed E-state index contributed by atoms with van der Waals surface area (Å²) >= 11 is 0. The van der Waals surface area contributed by atoms with E-state index >= 15 is 0 Å². The molecular formula is C9H14N2O. The predicted molar refractivity (Wildman–Crippen MR) is 48.6 cm³/mol. The van der Waals surface area contributed by atoms with Crippen molar-refractivity contribution in [2.24, 2.45) is 0 Å². The molecule has 1 aromatic heterocycles. The molecule has 0 fully saturated rings. The quantitative estimate of drug-likeness (QED) is 0.625. The molecule has 0 N–H and O–H groups in total. The maximum absolute atomic E-state index is 5.34. The Morgan fingerprint density at radius 1 is 1.75 bits per heavy atom. The van der Waals surface area contributed by atoms with Crippen LogP contribution in [0.4, 0.5) is 0 Å². The van der Waals surface area contributed by atoms with Crippen molar-refractivity contribution in [3.05, 3.63) is 24.8 Å². The Bertz CT molecular complexity index is 242. The van der Waals surface area contributed by atoms with Gasteiger partial charge in [0.2, 0.25) is 0 Å². The number of ether oxygens (including phenoxy) is 1. The average molecular weight is 166 g/mol. The summed E-state index contributed by atoms with van der Waals surface area (Å²) in [7, 11) is 0. The van der Waals surface area contributed by atoms with Gasteiger partial charge in [0.05, 0.1) is 0 Å². The highest BCUT2D eigenvalue weighted by Crippen LogP contribution is 1.99. The van der Waals surface area contributed by atoms with Crippen LogP contribution in [0.1, 0.15) is 19.2 Å². The summed E-state index contributed by atoms with van der Waals surface area (Å²) in [5, 5.41) is 0. The van der Waals surface area contributed by atoms with Crippen LogP contribution in [0.3, 0.4) is 0 Å². The fourth-order valence-electron chi connectivity index (χ4n) is 0.930. The summed E-state index contributed by atoms with van der Waals surface area (Å²) in [6.07, 6.45) is 6.36. The van der Waals surface area contributed by atoms with Gasteiger partial charge in [-0.2, -0.15) is 0 Å². The first kappa shape index (κ1) is 9.00. The van der Waals surface area contributed by atoms with Crippen LogP contribution in [0.2, 0.25) is 0 Å². The minimum atomic E-state index is 0.562. The Morgan fingerprint density at radius 2 is 2.58 bits per heavy atom. The normalized spacial score (nSPS) is 10.1. The summed E-state index contributed by atoms with van der Waals surface area (Å²) in [5.41, 5.74) is 0. The first-order valence-corrected chi connectivity index (χ1v) is 4.10. The molecular weight excluding hydrogens is 152 g/mol. The standard InChI is InChI=1S/C9H14N2O/c1-3-7-12-8-9-10-5-6-11(9)4-2/h4-6H,2-3,7-8H2,1H3. The highest BCUT2D eigenvalue weighted by atomic mass is 16.5. The third kappa shape index (κ3) is 2.20. The Hall–Kier alpha value is -1.09. The topological polar surface area (TPSA) is 27.1 Å². The molecule has 3 nitrogen and oxygen atoms in total. The largest absolute Gasteiger partial charge is 0.374 e. The van der Waals surface area contributed by atoms with E-state index in [0.29, 0.717) is 6.61 Å². The zero-order chi connectivity index (χ0) is 8.81. The van der Waals surface area contributed by atoms with Crippen molar-refractivity contribution in [3.63, 3.8) is 0 Å². The molecule has 1 rings (SSSR count).